The van der Waals surface area contributed by atoms with E-state index < -0.39 is 5.60 Å². The molecule has 0 bridgehead atoms. The molecule has 1 heterocycles. The third kappa shape index (κ3) is 5.83. The fourth-order valence-corrected chi connectivity index (χ4v) is 1.95. The average Bonchev–Trinajstić information content (AvgIpc) is 2.26. The normalized spacial score (nSPS) is 22.3. The molecule has 3 nitrogen and oxygen atoms in total. The van der Waals surface area contributed by atoms with Crippen LogP contribution < -0.4 is 5.32 Å². The molecule has 0 aromatic carbocycles. The third-order valence-corrected chi connectivity index (χ3v) is 3.25. The van der Waals surface area contributed by atoms with Gasteiger partial charge >= 0.3 is 0 Å². The molecule has 0 saturated carbocycles. The van der Waals surface area contributed by atoms with Crippen LogP contribution in [0.15, 0.2) is 0 Å². The molecule has 16 heavy (non-hydrogen) atoms. The average molecular weight is 229 g/mol. The molecule has 0 aliphatic carbocycles. The first kappa shape index (κ1) is 13.9. The maximum Gasteiger partial charge on any atom is 0.0743 e. The first-order chi connectivity index (χ1) is 7.49. The van der Waals surface area contributed by atoms with E-state index in [4.69, 9.17) is 4.74 Å². The summed E-state index contributed by atoms with van der Waals surface area (Å²) >= 11 is 0. The van der Waals surface area contributed by atoms with Gasteiger partial charge in [-0.2, -0.15) is 0 Å². The lowest BCUT2D eigenvalue weighted by atomic mass is 9.94. The van der Waals surface area contributed by atoms with Crippen molar-refractivity contribution in [3.05, 3.63) is 0 Å². The molecule has 0 aromatic rings. The Morgan fingerprint density at radius 1 is 1.38 bits per heavy atom. The van der Waals surface area contributed by atoms with Crippen LogP contribution in [-0.2, 0) is 4.74 Å². The Labute approximate surface area is 99.6 Å². The lowest BCUT2D eigenvalue weighted by Crippen LogP contribution is -2.44. The molecule has 1 rings (SSSR count). The van der Waals surface area contributed by atoms with E-state index in [0.717, 1.165) is 38.9 Å². The van der Waals surface area contributed by atoms with Crippen molar-refractivity contribution in [2.75, 3.05) is 19.8 Å². The summed E-state index contributed by atoms with van der Waals surface area (Å²) in [5, 5.41) is 13.7. The Hall–Kier alpha value is -0.120. The van der Waals surface area contributed by atoms with Crippen LogP contribution in [0, 0.1) is 5.92 Å². The summed E-state index contributed by atoms with van der Waals surface area (Å²) in [4.78, 5) is 0. The van der Waals surface area contributed by atoms with E-state index in [1.165, 1.54) is 0 Å². The van der Waals surface area contributed by atoms with Crippen LogP contribution in [0.1, 0.15) is 46.5 Å². The minimum Gasteiger partial charge on any atom is -0.389 e. The number of nitrogens with one attached hydrogen (secondary N) is 1. The van der Waals surface area contributed by atoms with Gasteiger partial charge in [-0.15, -0.1) is 0 Å². The highest BCUT2D eigenvalue weighted by molar-refractivity contribution is 4.79. The van der Waals surface area contributed by atoms with Gasteiger partial charge in [-0.3, -0.25) is 0 Å². The van der Waals surface area contributed by atoms with Crippen molar-refractivity contribution < 1.29 is 9.84 Å². The van der Waals surface area contributed by atoms with E-state index in [9.17, 15) is 5.11 Å². The van der Waals surface area contributed by atoms with Crippen molar-refractivity contribution in [1.82, 2.24) is 5.32 Å². The van der Waals surface area contributed by atoms with Crippen LogP contribution in [0.25, 0.3) is 0 Å². The zero-order chi connectivity index (χ0) is 12.0. The summed E-state index contributed by atoms with van der Waals surface area (Å²) in [6.07, 6.45) is 4.10. The van der Waals surface area contributed by atoms with Gasteiger partial charge in [-0.25, -0.2) is 0 Å². The third-order valence-electron chi connectivity index (χ3n) is 3.25. The van der Waals surface area contributed by atoms with Crippen LogP contribution in [-0.4, -0.2) is 36.5 Å². The lowest BCUT2D eigenvalue weighted by Gasteiger charge is -2.29. The molecule has 1 aliphatic rings. The highest BCUT2D eigenvalue weighted by atomic mass is 16.5. The fourth-order valence-electron chi connectivity index (χ4n) is 1.95. The Kier molecular flexibility index (Phi) is 5.73. The molecule has 0 aromatic heterocycles. The van der Waals surface area contributed by atoms with Crippen molar-refractivity contribution >= 4 is 0 Å². The number of hydrogen-bond acceptors (Lipinski definition) is 3. The second-order valence-electron chi connectivity index (χ2n) is 5.70. The monoisotopic (exact) mass is 229 g/mol. The van der Waals surface area contributed by atoms with E-state index >= 15 is 0 Å². The summed E-state index contributed by atoms with van der Waals surface area (Å²) in [6.45, 7) is 8.73. The predicted molar refractivity (Wildman–Crippen MR) is 66.5 cm³/mol. The Morgan fingerprint density at radius 3 is 2.56 bits per heavy atom. The number of rotatable bonds is 6. The molecule has 1 unspecified atom stereocenters. The Balaban J connectivity index is 2.18. The summed E-state index contributed by atoms with van der Waals surface area (Å²) in [7, 11) is 0. The van der Waals surface area contributed by atoms with Crippen molar-refractivity contribution in [3.63, 3.8) is 0 Å². The molecule has 2 N–H and O–H groups in total. The van der Waals surface area contributed by atoms with Gasteiger partial charge in [0.1, 0.15) is 0 Å². The van der Waals surface area contributed by atoms with Crippen LogP contribution in [0.4, 0.5) is 0 Å². The molecule has 1 fully saturated rings. The van der Waals surface area contributed by atoms with Gasteiger partial charge in [-0.1, -0.05) is 13.8 Å². The van der Waals surface area contributed by atoms with E-state index in [2.05, 4.69) is 19.2 Å². The first-order valence-electron chi connectivity index (χ1n) is 6.53. The van der Waals surface area contributed by atoms with Crippen LogP contribution >= 0.6 is 0 Å². The molecule has 96 valence electrons. The van der Waals surface area contributed by atoms with Gasteiger partial charge in [0.2, 0.25) is 0 Å². The highest BCUT2D eigenvalue weighted by Gasteiger charge is 2.22. The Morgan fingerprint density at radius 2 is 2.00 bits per heavy atom. The van der Waals surface area contributed by atoms with Crippen molar-refractivity contribution in [2.24, 2.45) is 5.92 Å². The molecule has 0 radical (unpaired) electrons. The van der Waals surface area contributed by atoms with Crippen molar-refractivity contribution in [1.29, 1.82) is 0 Å². The fraction of sp³-hybridized carbons (Fsp3) is 1.00. The smallest absolute Gasteiger partial charge is 0.0743 e. The molecule has 1 aliphatic heterocycles. The largest absolute Gasteiger partial charge is 0.389 e. The van der Waals surface area contributed by atoms with Crippen LogP contribution in [0.3, 0.4) is 0 Å². The number of hydrogen-bond donors (Lipinski definition) is 2. The molecule has 0 spiro atoms. The standard InChI is InChI=1S/C13H27NO2/c1-11(2)4-7-13(3,15)10-14-12-5-8-16-9-6-12/h11-12,14-15H,4-10H2,1-3H3. The zero-order valence-corrected chi connectivity index (χ0v) is 11.0. The summed E-state index contributed by atoms with van der Waals surface area (Å²) in [5.74, 6) is 0.662. The topological polar surface area (TPSA) is 41.5 Å². The van der Waals surface area contributed by atoms with Gasteiger partial charge < -0.3 is 15.2 Å². The highest BCUT2D eigenvalue weighted by Crippen LogP contribution is 2.16. The zero-order valence-electron chi connectivity index (χ0n) is 11.0. The van der Waals surface area contributed by atoms with Gasteiger partial charge in [0.25, 0.3) is 0 Å². The van der Waals surface area contributed by atoms with E-state index in [-0.39, 0.29) is 0 Å². The minimum absolute atomic E-state index is 0.527. The summed E-state index contributed by atoms with van der Waals surface area (Å²) in [6, 6.07) is 0.527. The second kappa shape index (κ2) is 6.58. The van der Waals surface area contributed by atoms with E-state index in [0.29, 0.717) is 18.5 Å². The number of ether oxygens (including phenoxy) is 1. The lowest BCUT2D eigenvalue weighted by molar-refractivity contribution is 0.0308. The van der Waals surface area contributed by atoms with Gasteiger partial charge in [0.15, 0.2) is 0 Å². The molecule has 1 atom stereocenters. The van der Waals surface area contributed by atoms with Crippen LogP contribution in [0.5, 0.6) is 0 Å². The van der Waals surface area contributed by atoms with Gasteiger partial charge in [0, 0.05) is 25.8 Å². The second-order valence-corrected chi connectivity index (χ2v) is 5.70. The Bertz CT molecular complexity index is 186. The molecule has 1 saturated heterocycles. The van der Waals surface area contributed by atoms with Crippen molar-refractivity contribution in [2.45, 2.75) is 58.1 Å². The van der Waals surface area contributed by atoms with E-state index in [1.54, 1.807) is 0 Å². The van der Waals surface area contributed by atoms with E-state index in [1.807, 2.05) is 6.92 Å². The predicted octanol–water partition coefficient (Wildman–Crippen LogP) is 1.94. The quantitative estimate of drug-likeness (QED) is 0.731. The molecular formula is C13H27NO2. The molecule has 3 heteroatoms. The van der Waals surface area contributed by atoms with Gasteiger partial charge in [0.05, 0.1) is 5.60 Å². The van der Waals surface area contributed by atoms with Gasteiger partial charge in [-0.05, 0) is 38.5 Å². The molecule has 0 amide bonds. The summed E-state index contributed by atoms with van der Waals surface area (Å²) in [5.41, 5.74) is -0.567. The molecular weight excluding hydrogens is 202 g/mol. The minimum atomic E-state index is -0.567. The maximum absolute atomic E-state index is 10.2. The van der Waals surface area contributed by atoms with Crippen molar-refractivity contribution in [3.8, 4) is 0 Å². The number of aliphatic hydroxyl groups is 1. The maximum atomic E-state index is 10.2. The van der Waals surface area contributed by atoms with Crippen LogP contribution in [0.2, 0.25) is 0 Å². The first-order valence-corrected chi connectivity index (χ1v) is 6.53. The SMILES string of the molecule is CC(C)CCC(C)(O)CNC1CCOCC1. The summed E-state index contributed by atoms with van der Waals surface area (Å²) < 4.78 is 5.31.